The summed E-state index contributed by atoms with van der Waals surface area (Å²) in [6, 6.07) is 4.00. The van der Waals surface area contributed by atoms with Crippen LogP contribution in [0.1, 0.15) is 17.3 Å². The minimum absolute atomic E-state index is 0.0259. The van der Waals surface area contributed by atoms with Crippen LogP contribution in [0.2, 0.25) is 0 Å². The van der Waals surface area contributed by atoms with Crippen LogP contribution >= 0.6 is 11.3 Å². The Morgan fingerprint density at radius 1 is 1.64 bits per heavy atom. The maximum Gasteiger partial charge on any atom is 0.243 e. The molecule has 0 saturated heterocycles. The van der Waals surface area contributed by atoms with Crippen molar-refractivity contribution in [3.63, 3.8) is 0 Å². The summed E-state index contributed by atoms with van der Waals surface area (Å²) in [5.41, 5.74) is 0. The van der Waals surface area contributed by atoms with Crippen molar-refractivity contribution < 1.29 is 4.79 Å². The molecule has 0 spiro atoms. The average molecular weight is 207 g/mol. The van der Waals surface area contributed by atoms with Crippen LogP contribution in [0.4, 0.5) is 0 Å². The van der Waals surface area contributed by atoms with Gasteiger partial charge in [0.05, 0.1) is 6.04 Å². The number of thiophene rings is 1. The van der Waals surface area contributed by atoms with Crippen LogP contribution < -0.4 is 5.32 Å². The Hall–Kier alpha value is -1.35. The largest absolute Gasteiger partial charge is 0.345 e. The molecule has 3 heteroatoms. The maximum absolute atomic E-state index is 11.1. The Morgan fingerprint density at radius 2 is 2.43 bits per heavy atom. The van der Waals surface area contributed by atoms with E-state index < -0.39 is 0 Å². The van der Waals surface area contributed by atoms with Crippen molar-refractivity contribution in [2.45, 2.75) is 12.5 Å². The molecule has 0 bridgehead atoms. The third kappa shape index (κ3) is 2.85. The van der Waals surface area contributed by atoms with E-state index in [1.165, 1.54) is 6.08 Å². The highest BCUT2D eigenvalue weighted by atomic mass is 32.1. The summed E-state index contributed by atoms with van der Waals surface area (Å²) in [5.74, 6) is -0.148. The van der Waals surface area contributed by atoms with Gasteiger partial charge in [-0.25, -0.2) is 0 Å². The lowest BCUT2D eigenvalue weighted by Crippen LogP contribution is -2.25. The molecule has 1 aromatic heterocycles. The molecule has 0 aromatic carbocycles. The number of carbonyl (C=O) groups excluding carboxylic acids is 1. The third-order valence-electron chi connectivity index (χ3n) is 1.79. The molecule has 1 heterocycles. The summed E-state index contributed by atoms with van der Waals surface area (Å²) in [6.07, 6.45) is 3.82. The fraction of sp³-hybridized carbons (Fsp3) is 0.182. The van der Waals surface area contributed by atoms with Crippen molar-refractivity contribution in [2.75, 3.05) is 0 Å². The lowest BCUT2D eigenvalue weighted by molar-refractivity contribution is -0.117. The summed E-state index contributed by atoms with van der Waals surface area (Å²) in [7, 11) is 0. The molecule has 0 aliphatic carbocycles. The summed E-state index contributed by atoms with van der Waals surface area (Å²) in [5, 5.41) is 4.84. The first kappa shape index (κ1) is 10.7. The summed E-state index contributed by atoms with van der Waals surface area (Å²) in [4.78, 5) is 12.3. The summed E-state index contributed by atoms with van der Waals surface area (Å²) >= 11 is 1.63. The standard InChI is InChI=1S/C11H13NOS/c1-3-6-9(12-11(13)4-2)10-7-5-8-14-10/h3-5,7-9H,1-2,6H2,(H,12,13)/t9-/m0/s1. The van der Waals surface area contributed by atoms with Gasteiger partial charge in [-0.3, -0.25) is 4.79 Å². The fourth-order valence-electron chi connectivity index (χ4n) is 1.13. The summed E-state index contributed by atoms with van der Waals surface area (Å²) < 4.78 is 0. The SMILES string of the molecule is C=CC[C@H](NC(=O)C=C)c1cccs1. The zero-order valence-corrected chi connectivity index (χ0v) is 8.72. The molecule has 0 fully saturated rings. The molecular formula is C11H13NOS. The van der Waals surface area contributed by atoms with Crippen LogP contribution in [-0.4, -0.2) is 5.91 Å². The van der Waals surface area contributed by atoms with E-state index in [1.54, 1.807) is 17.4 Å². The second kappa shape index (κ2) is 5.40. The van der Waals surface area contributed by atoms with Gasteiger partial charge in [-0.1, -0.05) is 18.7 Å². The third-order valence-corrected chi connectivity index (χ3v) is 2.78. The van der Waals surface area contributed by atoms with Gasteiger partial charge in [0.1, 0.15) is 0 Å². The quantitative estimate of drug-likeness (QED) is 0.583. The summed E-state index contributed by atoms with van der Waals surface area (Å²) in [6.45, 7) is 7.09. The van der Waals surface area contributed by atoms with Crippen molar-refractivity contribution in [3.05, 3.63) is 47.7 Å². The molecule has 1 rings (SSSR count). The minimum Gasteiger partial charge on any atom is -0.345 e. The van der Waals surface area contributed by atoms with Crippen molar-refractivity contribution in [1.82, 2.24) is 5.32 Å². The number of hydrogen-bond donors (Lipinski definition) is 1. The number of amides is 1. The van der Waals surface area contributed by atoms with Gasteiger partial charge < -0.3 is 5.32 Å². The normalized spacial score (nSPS) is 11.7. The number of hydrogen-bond acceptors (Lipinski definition) is 2. The van der Waals surface area contributed by atoms with Crippen molar-refractivity contribution in [1.29, 1.82) is 0 Å². The minimum atomic E-state index is -0.148. The topological polar surface area (TPSA) is 29.1 Å². The van der Waals surface area contributed by atoms with E-state index in [0.29, 0.717) is 0 Å². The van der Waals surface area contributed by atoms with Gasteiger partial charge in [0.2, 0.25) is 5.91 Å². The van der Waals surface area contributed by atoms with E-state index in [2.05, 4.69) is 18.5 Å². The van der Waals surface area contributed by atoms with Gasteiger partial charge in [-0.15, -0.1) is 17.9 Å². The maximum atomic E-state index is 11.1. The molecule has 2 nitrogen and oxygen atoms in total. The van der Waals surface area contributed by atoms with E-state index in [0.717, 1.165) is 11.3 Å². The van der Waals surface area contributed by atoms with Crippen molar-refractivity contribution >= 4 is 17.2 Å². The highest BCUT2D eigenvalue weighted by molar-refractivity contribution is 7.10. The first-order valence-corrected chi connectivity index (χ1v) is 5.23. The van der Waals surface area contributed by atoms with Gasteiger partial charge >= 0.3 is 0 Å². The van der Waals surface area contributed by atoms with E-state index in [9.17, 15) is 4.79 Å². The average Bonchev–Trinajstić information content (AvgIpc) is 2.69. The molecule has 74 valence electrons. The predicted octanol–water partition coefficient (Wildman–Crippen LogP) is 2.67. The number of nitrogens with one attached hydrogen (secondary N) is 1. The number of rotatable bonds is 5. The van der Waals surface area contributed by atoms with Crippen LogP contribution in [0.25, 0.3) is 0 Å². The van der Waals surface area contributed by atoms with Gasteiger partial charge in [0.25, 0.3) is 0 Å². The van der Waals surface area contributed by atoms with E-state index >= 15 is 0 Å². The molecule has 1 atom stereocenters. The zero-order valence-electron chi connectivity index (χ0n) is 7.90. The molecule has 0 saturated carbocycles. The molecule has 0 aliphatic rings. The number of carbonyl (C=O) groups is 1. The van der Waals surface area contributed by atoms with Crippen LogP contribution in [0.15, 0.2) is 42.8 Å². The Labute approximate surface area is 88.0 Å². The Balaban J connectivity index is 2.69. The Morgan fingerprint density at radius 3 is 2.93 bits per heavy atom. The lowest BCUT2D eigenvalue weighted by atomic mass is 10.1. The second-order valence-corrected chi connectivity index (χ2v) is 3.78. The molecule has 0 unspecified atom stereocenters. The van der Waals surface area contributed by atoms with Crippen LogP contribution in [0.3, 0.4) is 0 Å². The highest BCUT2D eigenvalue weighted by Gasteiger charge is 2.11. The molecule has 1 amide bonds. The molecule has 1 aromatic rings. The van der Waals surface area contributed by atoms with Gasteiger partial charge in [0, 0.05) is 4.88 Å². The van der Waals surface area contributed by atoms with Gasteiger partial charge in [0.15, 0.2) is 0 Å². The van der Waals surface area contributed by atoms with Gasteiger partial charge in [-0.05, 0) is 23.9 Å². The van der Waals surface area contributed by atoms with Crippen LogP contribution in [0.5, 0.6) is 0 Å². The van der Waals surface area contributed by atoms with Crippen LogP contribution in [0, 0.1) is 0 Å². The molecule has 1 N–H and O–H groups in total. The smallest absolute Gasteiger partial charge is 0.243 e. The Kier molecular flexibility index (Phi) is 4.13. The first-order valence-electron chi connectivity index (χ1n) is 4.35. The first-order chi connectivity index (χ1) is 6.77. The molecule has 0 aliphatic heterocycles. The van der Waals surface area contributed by atoms with Gasteiger partial charge in [-0.2, -0.15) is 0 Å². The molecule has 14 heavy (non-hydrogen) atoms. The van der Waals surface area contributed by atoms with E-state index in [4.69, 9.17) is 0 Å². The van der Waals surface area contributed by atoms with Crippen LogP contribution in [-0.2, 0) is 4.79 Å². The molecular weight excluding hydrogens is 194 g/mol. The monoisotopic (exact) mass is 207 g/mol. The fourth-order valence-corrected chi connectivity index (χ4v) is 1.92. The van der Waals surface area contributed by atoms with E-state index in [-0.39, 0.29) is 11.9 Å². The van der Waals surface area contributed by atoms with E-state index in [1.807, 2.05) is 17.5 Å². The zero-order chi connectivity index (χ0) is 10.4. The second-order valence-electron chi connectivity index (χ2n) is 2.81. The predicted molar refractivity (Wildman–Crippen MR) is 60.2 cm³/mol. The van der Waals surface area contributed by atoms with Crippen molar-refractivity contribution in [3.8, 4) is 0 Å². The lowest BCUT2D eigenvalue weighted by Gasteiger charge is -2.13. The highest BCUT2D eigenvalue weighted by Crippen LogP contribution is 2.21. The Bertz CT molecular complexity index is 316. The van der Waals surface area contributed by atoms with Crippen molar-refractivity contribution in [2.24, 2.45) is 0 Å². The molecule has 0 radical (unpaired) electrons.